The van der Waals surface area contributed by atoms with Gasteiger partial charge in [0.1, 0.15) is 0 Å². The van der Waals surface area contributed by atoms with Crippen molar-refractivity contribution >= 4 is 50.5 Å². The SMILES string of the molecule is CN(CC(=O)Nc1ccc(Br)cc1)Cc1ccc(Cl)s1. The summed E-state index contributed by atoms with van der Waals surface area (Å²) in [5.41, 5.74) is 0.797. The van der Waals surface area contributed by atoms with Crippen LogP contribution in [-0.4, -0.2) is 24.4 Å². The fourth-order valence-corrected chi connectivity index (χ4v) is 3.17. The van der Waals surface area contributed by atoms with Gasteiger partial charge in [-0.25, -0.2) is 0 Å². The molecule has 0 saturated heterocycles. The van der Waals surface area contributed by atoms with Crippen LogP contribution in [-0.2, 0) is 11.3 Å². The Hall–Kier alpha value is -0.880. The molecule has 6 heteroatoms. The summed E-state index contributed by atoms with van der Waals surface area (Å²) in [4.78, 5) is 15.0. The van der Waals surface area contributed by atoms with Gasteiger partial charge in [0.15, 0.2) is 0 Å². The van der Waals surface area contributed by atoms with E-state index in [1.165, 1.54) is 11.3 Å². The fourth-order valence-electron chi connectivity index (χ4n) is 1.74. The quantitative estimate of drug-likeness (QED) is 0.850. The molecule has 1 N–H and O–H groups in total. The summed E-state index contributed by atoms with van der Waals surface area (Å²) in [5.74, 6) is -0.0301. The first-order chi connectivity index (χ1) is 9.52. The number of nitrogens with zero attached hydrogens (tertiary/aromatic N) is 1. The van der Waals surface area contributed by atoms with Crippen LogP contribution >= 0.6 is 38.9 Å². The molecule has 1 aromatic carbocycles. The number of likely N-dealkylation sites (N-methyl/N-ethyl adjacent to an activating group) is 1. The predicted octanol–water partition coefficient (Wildman–Crippen LogP) is 4.23. The Morgan fingerprint density at radius 3 is 2.60 bits per heavy atom. The van der Waals surface area contributed by atoms with Gasteiger partial charge >= 0.3 is 0 Å². The molecule has 0 fully saturated rings. The van der Waals surface area contributed by atoms with Crippen LogP contribution in [0.15, 0.2) is 40.9 Å². The van der Waals surface area contributed by atoms with Crippen molar-refractivity contribution in [2.24, 2.45) is 0 Å². The summed E-state index contributed by atoms with van der Waals surface area (Å²) in [6.07, 6.45) is 0. The average molecular weight is 374 g/mol. The van der Waals surface area contributed by atoms with Crippen molar-refractivity contribution in [3.05, 3.63) is 50.1 Å². The summed E-state index contributed by atoms with van der Waals surface area (Å²) in [5, 5.41) is 2.87. The van der Waals surface area contributed by atoms with E-state index in [2.05, 4.69) is 21.2 Å². The predicted molar refractivity (Wildman–Crippen MR) is 88.4 cm³/mol. The smallest absolute Gasteiger partial charge is 0.238 e. The van der Waals surface area contributed by atoms with Crippen LogP contribution in [0.4, 0.5) is 5.69 Å². The Morgan fingerprint density at radius 2 is 2.00 bits per heavy atom. The number of hydrogen-bond donors (Lipinski definition) is 1. The van der Waals surface area contributed by atoms with E-state index in [0.717, 1.165) is 19.4 Å². The number of benzene rings is 1. The van der Waals surface area contributed by atoms with Crippen LogP contribution in [0.3, 0.4) is 0 Å². The normalized spacial score (nSPS) is 10.8. The second-order valence-corrected chi connectivity index (χ2v) is 7.15. The number of amides is 1. The molecular weight excluding hydrogens is 360 g/mol. The lowest BCUT2D eigenvalue weighted by molar-refractivity contribution is -0.117. The summed E-state index contributed by atoms with van der Waals surface area (Å²) < 4.78 is 1.76. The summed E-state index contributed by atoms with van der Waals surface area (Å²) in [6.45, 7) is 1.05. The van der Waals surface area contributed by atoms with Crippen molar-refractivity contribution in [3.8, 4) is 0 Å². The number of rotatable bonds is 5. The highest BCUT2D eigenvalue weighted by Crippen LogP contribution is 2.22. The minimum Gasteiger partial charge on any atom is -0.325 e. The molecule has 2 aromatic rings. The molecule has 0 saturated carbocycles. The highest BCUT2D eigenvalue weighted by molar-refractivity contribution is 9.10. The van der Waals surface area contributed by atoms with Crippen molar-refractivity contribution in [1.29, 1.82) is 0 Å². The maximum Gasteiger partial charge on any atom is 0.238 e. The van der Waals surface area contributed by atoms with Gasteiger partial charge in [-0.05, 0) is 43.4 Å². The molecule has 0 aliphatic rings. The zero-order valence-electron chi connectivity index (χ0n) is 10.9. The van der Waals surface area contributed by atoms with Gasteiger partial charge in [0.2, 0.25) is 5.91 Å². The first-order valence-corrected chi connectivity index (χ1v) is 8.00. The van der Waals surface area contributed by atoms with Gasteiger partial charge in [-0.2, -0.15) is 0 Å². The van der Waals surface area contributed by atoms with E-state index in [-0.39, 0.29) is 5.91 Å². The molecule has 0 spiro atoms. The van der Waals surface area contributed by atoms with E-state index in [1.54, 1.807) is 0 Å². The molecule has 0 atom stereocenters. The van der Waals surface area contributed by atoms with Crippen molar-refractivity contribution in [1.82, 2.24) is 4.90 Å². The van der Waals surface area contributed by atoms with E-state index < -0.39 is 0 Å². The maximum absolute atomic E-state index is 11.9. The summed E-state index contributed by atoms with van der Waals surface area (Å²) in [7, 11) is 1.91. The molecule has 0 radical (unpaired) electrons. The van der Waals surface area contributed by atoms with E-state index in [1.807, 2.05) is 48.3 Å². The molecule has 1 heterocycles. The third kappa shape index (κ3) is 4.90. The minimum absolute atomic E-state index is 0.0301. The van der Waals surface area contributed by atoms with Crippen LogP contribution in [0.2, 0.25) is 4.34 Å². The topological polar surface area (TPSA) is 32.3 Å². The summed E-state index contributed by atoms with van der Waals surface area (Å²) in [6, 6.07) is 11.4. The highest BCUT2D eigenvalue weighted by Gasteiger charge is 2.08. The largest absolute Gasteiger partial charge is 0.325 e. The Bertz CT molecular complexity index is 585. The number of anilines is 1. The van der Waals surface area contributed by atoms with Gasteiger partial charge in [0.25, 0.3) is 0 Å². The van der Waals surface area contributed by atoms with E-state index in [0.29, 0.717) is 13.1 Å². The van der Waals surface area contributed by atoms with Crippen LogP contribution in [0, 0.1) is 0 Å². The van der Waals surface area contributed by atoms with E-state index in [9.17, 15) is 4.79 Å². The van der Waals surface area contributed by atoms with Gasteiger partial charge in [-0.1, -0.05) is 27.5 Å². The second-order valence-electron chi connectivity index (χ2n) is 4.43. The number of hydrogen-bond acceptors (Lipinski definition) is 3. The van der Waals surface area contributed by atoms with Gasteiger partial charge in [0.05, 0.1) is 10.9 Å². The van der Waals surface area contributed by atoms with Gasteiger partial charge in [-0.15, -0.1) is 11.3 Å². The minimum atomic E-state index is -0.0301. The van der Waals surface area contributed by atoms with Gasteiger partial charge in [0, 0.05) is 21.6 Å². The molecule has 0 aliphatic heterocycles. The number of thiophene rings is 1. The molecule has 3 nitrogen and oxygen atoms in total. The summed E-state index contributed by atoms with van der Waals surface area (Å²) >= 11 is 10.8. The van der Waals surface area contributed by atoms with Crippen LogP contribution in [0.5, 0.6) is 0 Å². The number of nitrogens with one attached hydrogen (secondary N) is 1. The fraction of sp³-hybridized carbons (Fsp3) is 0.214. The maximum atomic E-state index is 11.9. The van der Waals surface area contributed by atoms with Crippen molar-refractivity contribution in [2.75, 3.05) is 18.9 Å². The second kappa shape index (κ2) is 7.22. The van der Waals surface area contributed by atoms with Crippen molar-refractivity contribution in [2.45, 2.75) is 6.54 Å². The van der Waals surface area contributed by atoms with Gasteiger partial charge in [-0.3, -0.25) is 9.69 Å². The van der Waals surface area contributed by atoms with Crippen LogP contribution in [0.1, 0.15) is 4.88 Å². The molecule has 106 valence electrons. The average Bonchev–Trinajstić information content (AvgIpc) is 2.77. The lowest BCUT2D eigenvalue weighted by Crippen LogP contribution is -2.29. The Labute approximate surface area is 135 Å². The van der Waals surface area contributed by atoms with Crippen LogP contribution < -0.4 is 5.32 Å². The molecule has 0 bridgehead atoms. The molecule has 0 aliphatic carbocycles. The lowest BCUT2D eigenvalue weighted by atomic mass is 10.3. The Kier molecular flexibility index (Phi) is 5.60. The van der Waals surface area contributed by atoms with Crippen LogP contribution in [0.25, 0.3) is 0 Å². The lowest BCUT2D eigenvalue weighted by Gasteiger charge is -2.15. The highest BCUT2D eigenvalue weighted by atomic mass is 79.9. The number of carbonyl (C=O) groups excluding carboxylic acids is 1. The zero-order chi connectivity index (χ0) is 14.5. The standard InChI is InChI=1S/C14H14BrClN2OS/c1-18(8-12-6-7-13(16)20-12)9-14(19)17-11-4-2-10(15)3-5-11/h2-7H,8-9H2,1H3,(H,17,19). The van der Waals surface area contributed by atoms with Crippen molar-refractivity contribution < 1.29 is 4.79 Å². The van der Waals surface area contributed by atoms with Crippen molar-refractivity contribution in [3.63, 3.8) is 0 Å². The zero-order valence-corrected chi connectivity index (χ0v) is 14.1. The number of carbonyl (C=O) groups is 1. The molecule has 1 aromatic heterocycles. The third-order valence-corrected chi connectivity index (χ3v) is 4.34. The van der Waals surface area contributed by atoms with Gasteiger partial charge < -0.3 is 5.32 Å². The number of halogens is 2. The third-order valence-electron chi connectivity index (χ3n) is 2.60. The Balaban J connectivity index is 1.83. The molecule has 2 rings (SSSR count). The van der Waals surface area contributed by atoms with E-state index >= 15 is 0 Å². The first-order valence-electron chi connectivity index (χ1n) is 6.01. The molecular formula is C14H14BrClN2OS. The molecule has 20 heavy (non-hydrogen) atoms. The molecule has 0 unspecified atom stereocenters. The Morgan fingerprint density at radius 1 is 1.30 bits per heavy atom. The monoisotopic (exact) mass is 372 g/mol. The first kappa shape index (κ1) is 15.5. The van der Waals surface area contributed by atoms with E-state index in [4.69, 9.17) is 11.6 Å². The molecule has 1 amide bonds.